The highest BCUT2D eigenvalue weighted by Crippen LogP contribution is 2.49. The van der Waals surface area contributed by atoms with Crippen molar-refractivity contribution in [2.45, 2.75) is 51.6 Å². The van der Waals surface area contributed by atoms with Crippen molar-refractivity contribution in [3.05, 3.63) is 95.1 Å². The number of fused-ring (bicyclic) bond motifs is 3. The maximum absolute atomic E-state index is 3.82. The highest BCUT2D eigenvalue weighted by atomic mass is 15.0. The molecule has 0 saturated heterocycles. The minimum absolute atomic E-state index is 0.0438. The third-order valence-electron chi connectivity index (χ3n) is 5.47. The van der Waals surface area contributed by atoms with Crippen molar-refractivity contribution in [2.24, 2.45) is 0 Å². The molecule has 0 atom stereocenters. The molecule has 0 amide bonds. The maximum atomic E-state index is 3.82. The van der Waals surface area contributed by atoms with Crippen LogP contribution in [0.1, 0.15) is 62.8 Å². The summed E-state index contributed by atoms with van der Waals surface area (Å²) < 4.78 is 0. The van der Waals surface area contributed by atoms with Crippen LogP contribution in [0.4, 0.5) is 0 Å². The van der Waals surface area contributed by atoms with Gasteiger partial charge in [-0.1, -0.05) is 72.8 Å². The molecule has 0 heterocycles. The zero-order valence-electron chi connectivity index (χ0n) is 17.0. The number of hydrogen-bond acceptors (Lipinski definition) is 1. The second-order valence-electron chi connectivity index (χ2n) is 9.19. The Hall–Kier alpha value is -2.38. The molecule has 1 heteroatoms. The van der Waals surface area contributed by atoms with Gasteiger partial charge in [0, 0.05) is 17.0 Å². The Kier molecular flexibility index (Phi) is 4.24. The molecule has 1 N–H and O–H groups in total. The molecular formula is C26H29N. The van der Waals surface area contributed by atoms with Crippen molar-refractivity contribution in [3.8, 4) is 11.1 Å². The monoisotopic (exact) mass is 355 g/mol. The maximum Gasteiger partial charge on any atom is 0.0384 e. The van der Waals surface area contributed by atoms with Gasteiger partial charge in [-0.2, -0.15) is 0 Å². The lowest BCUT2D eigenvalue weighted by Crippen LogP contribution is -2.48. The summed E-state index contributed by atoms with van der Waals surface area (Å²) in [7, 11) is 0. The Balaban J connectivity index is 1.91. The second-order valence-corrected chi connectivity index (χ2v) is 9.19. The van der Waals surface area contributed by atoms with Crippen LogP contribution in [-0.2, 0) is 5.54 Å². The molecule has 0 spiro atoms. The van der Waals surface area contributed by atoms with Gasteiger partial charge in [-0.15, -0.1) is 0 Å². The number of nitrogens with one attached hydrogen (secondary N) is 1. The molecule has 0 bridgehead atoms. The van der Waals surface area contributed by atoms with Gasteiger partial charge in [-0.3, -0.25) is 0 Å². The van der Waals surface area contributed by atoms with Crippen LogP contribution in [0.2, 0.25) is 0 Å². The molecule has 0 fully saturated rings. The Morgan fingerprint density at radius 3 is 1.56 bits per heavy atom. The van der Waals surface area contributed by atoms with Gasteiger partial charge in [0.05, 0.1) is 0 Å². The van der Waals surface area contributed by atoms with Crippen LogP contribution in [-0.4, -0.2) is 5.54 Å². The molecule has 27 heavy (non-hydrogen) atoms. The van der Waals surface area contributed by atoms with Crippen LogP contribution >= 0.6 is 0 Å². The highest BCUT2D eigenvalue weighted by Gasteiger charge is 2.34. The smallest absolute Gasteiger partial charge is 0.0384 e. The Morgan fingerprint density at radius 1 is 0.593 bits per heavy atom. The second kappa shape index (κ2) is 6.35. The van der Waals surface area contributed by atoms with Crippen LogP contribution in [0.25, 0.3) is 11.1 Å². The van der Waals surface area contributed by atoms with E-state index in [0.29, 0.717) is 0 Å². The lowest BCUT2D eigenvalue weighted by atomic mass is 9.80. The topological polar surface area (TPSA) is 12.0 Å². The summed E-state index contributed by atoms with van der Waals surface area (Å²) >= 11 is 0. The van der Waals surface area contributed by atoms with Gasteiger partial charge >= 0.3 is 0 Å². The molecule has 1 aliphatic rings. The summed E-state index contributed by atoms with van der Waals surface area (Å²) in [6.07, 6.45) is 0. The average Bonchev–Trinajstić information content (AvgIpc) is 2.94. The molecule has 0 aliphatic heterocycles. The summed E-state index contributed by atoms with van der Waals surface area (Å²) in [6, 6.07) is 26.7. The fourth-order valence-electron chi connectivity index (χ4n) is 4.81. The zero-order chi connectivity index (χ0) is 19.2. The van der Waals surface area contributed by atoms with E-state index >= 15 is 0 Å². The van der Waals surface area contributed by atoms with Crippen molar-refractivity contribution < 1.29 is 0 Å². The quantitative estimate of drug-likeness (QED) is 0.444. The molecular weight excluding hydrogens is 326 g/mol. The van der Waals surface area contributed by atoms with E-state index in [1.807, 2.05) is 0 Å². The zero-order valence-corrected chi connectivity index (χ0v) is 17.0. The van der Waals surface area contributed by atoms with E-state index in [-0.39, 0.29) is 17.0 Å². The Labute approximate surface area is 163 Å². The molecule has 3 aromatic rings. The SMILES string of the molecule is CC(C)(C)NC(C)(C)c1ccccc1C1c2ccccc2-c2ccccc21. The van der Waals surface area contributed by atoms with E-state index < -0.39 is 0 Å². The van der Waals surface area contributed by atoms with E-state index in [0.717, 1.165) is 0 Å². The first-order chi connectivity index (χ1) is 12.8. The first-order valence-electron chi connectivity index (χ1n) is 9.85. The lowest BCUT2D eigenvalue weighted by molar-refractivity contribution is 0.285. The van der Waals surface area contributed by atoms with Gasteiger partial charge < -0.3 is 5.32 Å². The van der Waals surface area contributed by atoms with Gasteiger partial charge in [0.15, 0.2) is 0 Å². The van der Waals surface area contributed by atoms with Crippen molar-refractivity contribution in [1.29, 1.82) is 0 Å². The van der Waals surface area contributed by atoms with Crippen LogP contribution in [0.5, 0.6) is 0 Å². The molecule has 0 unspecified atom stereocenters. The van der Waals surface area contributed by atoms with Gasteiger partial charge in [0.2, 0.25) is 0 Å². The van der Waals surface area contributed by atoms with Crippen molar-refractivity contribution in [1.82, 2.24) is 5.32 Å². The largest absolute Gasteiger partial charge is 0.303 e. The minimum Gasteiger partial charge on any atom is -0.303 e. The van der Waals surface area contributed by atoms with Crippen LogP contribution in [0.3, 0.4) is 0 Å². The average molecular weight is 356 g/mol. The van der Waals surface area contributed by atoms with Crippen molar-refractivity contribution >= 4 is 0 Å². The first-order valence-corrected chi connectivity index (χ1v) is 9.85. The third kappa shape index (κ3) is 3.21. The van der Waals surface area contributed by atoms with Crippen molar-refractivity contribution in [3.63, 3.8) is 0 Å². The lowest BCUT2D eigenvalue weighted by Gasteiger charge is -2.37. The minimum atomic E-state index is -0.124. The summed E-state index contributed by atoms with van der Waals surface area (Å²) in [4.78, 5) is 0. The van der Waals surface area contributed by atoms with Crippen molar-refractivity contribution in [2.75, 3.05) is 0 Å². The van der Waals surface area contributed by atoms with Gasteiger partial charge in [0.1, 0.15) is 0 Å². The fourth-order valence-corrected chi connectivity index (χ4v) is 4.81. The standard InChI is InChI=1S/C26H29N/c1-25(2,3)27-26(4,5)23-17-11-10-16-22(23)24-20-14-8-6-12-18(20)19-13-7-9-15-21(19)24/h6-17,24,27H,1-5H3. The molecule has 0 radical (unpaired) electrons. The number of hydrogen-bond donors (Lipinski definition) is 1. The fraction of sp³-hybridized carbons (Fsp3) is 0.308. The molecule has 0 saturated carbocycles. The predicted molar refractivity (Wildman–Crippen MR) is 115 cm³/mol. The summed E-state index contributed by atoms with van der Waals surface area (Å²) in [5.41, 5.74) is 8.26. The van der Waals surface area contributed by atoms with Gasteiger partial charge in [-0.05, 0) is 68.0 Å². The molecule has 1 aliphatic carbocycles. The normalized spacial score (nSPS) is 14.1. The van der Waals surface area contributed by atoms with Gasteiger partial charge in [-0.25, -0.2) is 0 Å². The molecule has 4 rings (SSSR count). The summed E-state index contributed by atoms with van der Waals surface area (Å²) in [6.45, 7) is 11.3. The molecule has 3 aromatic carbocycles. The highest BCUT2D eigenvalue weighted by molar-refractivity contribution is 5.80. The Bertz CT molecular complexity index is 930. The van der Waals surface area contributed by atoms with E-state index in [4.69, 9.17) is 0 Å². The van der Waals surface area contributed by atoms with Crippen LogP contribution < -0.4 is 5.32 Å². The summed E-state index contributed by atoms with van der Waals surface area (Å²) in [5, 5.41) is 3.82. The van der Waals surface area contributed by atoms with Gasteiger partial charge in [0.25, 0.3) is 0 Å². The van der Waals surface area contributed by atoms with Crippen LogP contribution in [0.15, 0.2) is 72.8 Å². The predicted octanol–water partition coefficient (Wildman–Crippen LogP) is 6.47. The van der Waals surface area contributed by atoms with E-state index in [2.05, 4.69) is 113 Å². The van der Waals surface area contributed by atoms with E-state index in [9.17, 15) is 0 Å². The third-order valence-corrected chi connectivity index (χ3v) is 5.47. The first kappa shape index (κ1) is 18.0. The number of benzene rings is 3. The number of rotatable bonds is 3. The van der Waals surface area contributed by atoms with E-state index in [1.54, 1.807) is 0 Å². The summed E-state index contributed by atoms with van der Waals surface area (Å²) in [5.74, 6) is 0.287. The molecule has 0 aromatic heterocycles. The Morgan fingerprint density at radius 2 is 1.04 bits per heavy atom. The van der Waals surface area contributed by atoms with E-state index in [1.165, 1.54) is 33.4 Å². The molecule has 138 valence electrons. The molecule has 1 nitrogen and oxygen atoms in total. The van der Waals surface area contributed by atoms with Crippen LogP contribution in [0, 0.1) is 0 Å².